The molecular formula is C24H25N3O5. The molecule has 0 aliphatic carbocycles. The molecule has 0 aliphatic rings. The summed E-state index contributed by atoms with van der Waals surface area (Å²) in [6, 6.07) is 13.4. The molecule has 0 unspecified atom stereocenters. The van der Waals surface area contributed by atoms with Crippen LogP contribution in [-0.4, -0.2) is 34.8 Å². The Morgan fingerprint density at radius 2 is 1.72 bits per heavy atom. The zero-order chi connectivity index (χ0) is 23.7. The predicted molar refractivity (Wildman–Crippen MR) is 122 cm³/mol. The lowest BCUT2D eigenvalue weighted by Crippen LogP contribution is -2.24. The van der Waals surface area contributed by atoms with Crippen molar-refractivity contribution in [3.63, 3.8) is 0 Å². The second kappa shape index (κ2) is 10.8. The van der Waals surface area contributed by atoms with Crippen LogP contribution >= 0.6 is 0 Å². The lowest BCUT2D eigenvalue weighted by atomic mass is 10.0. The molecule has 0 atom stereocenters. The maximum Gasteiger partial charge on any atom is 0.338 e. The Hall–Kier alpha value is -4.04. The average Bonchev–Trinajstić information content (AvgIpc) is 2.76. The van der Waals surface area contributed by atoms with Crippen molar-refractivity contribution in [2.45, 2.75) is 26.4 Å². The highest BCUT2D eigenvalue weighted by Gasteiger charge is 2.19. The van der Waals surface area contributed by atoms with Crippen LogP contribution in [0.1, 0.15) is 47.8 Å². The molecule has 0 radical (unpaired) electrons. The molecule has 0 spiro atoms. The molecule has 0 saturated heterocycles. The van der Waals surface area contributed by atoms with Gasteiger partial charge in [-0.05, 0) is 61.7 Å². The SMILES string of the molecule is C=C(C(=O)OC(C)(C)C)c1cccc(C=NNC(=O)c2ccc(C=CC(=O)NO)cc2)c1. The topological polar surface area (TPSA) is 117 Å². The number of rotatable bonds is 7. The highest BCUT2D eigenvalue weighted by molar-refractivity contribution is 6.16. The van der Waals surface area contributed by atoms with Crippen LogP contribution in [0.3, 0.4) is 0 Å². The number of hydrogen-bond acceptors (Lipinski definition) is 6. The number of ether oxygens (including phenoxy) is 1. The minimum absolute atomic E-state index is 0.227. The Kier molecular flexibility index (Phi) is 8.20. The van der Waals surface area contributed by atoms with E-state index in [2.05, 4.69) is 17.1 Å². The van der Waals surface area contributed by atoms with Gasteiger partial charge in [0.05, 0.1) is 11.8 Å². The van der Waals surface area contributed by atoms with E-state index in [0.717, 1.165) is 6.08 Å². The number of esters is 1. The molecule has 2 aromatic rings. The molecule has 8 nitrogen and oxygen atoms in total. The largest absolute Gasteiger partial charge is 0.456 e. The number of carbonyl (C=O) groups is 3. The second-order valence-electron chi connectivity index (χ2n) is 7.74. The van der Waals surface area contributed by atoms with Crippen molar-refractivity contribution < 1.29 is 24.3 Å². The third-order valence-electron chi connectivity index (χ3n) is 3.97. The van der Waals surface area contributed by atoms with Crippen molar-refractivity contribution in [3.05, 3.63) is 83.4 Å². The van der Waals surface area contributed by atoms with Gasteiger partial charge in [-0.2, -0.15) is 5.10 Å². The van der Waals surface area contributed by atoms with Crippen molar-refractivity contribution >= 4 is 35.6 Å². The minimum atomic E-state index is -0.653. The van der Waals surface area contributed by atoms with Gasteiger partial charge in [0, 0.05) is 11.6 Å². The maximum atomic E-state index is 12.2. The summed E-state index contributed by atoms with van der Waals surface area (Å²) in [6.45, 7) is 9.15. The van der Waals surface area contributed by atoms with Crippen molar-refractivity contribution in [3.8, 4) is 0 Å². The fourth-order valence-electron chi connectivity index (χ4n) is 2.45. The summed E-state index contributed by atoms with van der Waals surface area (Å²) in [5, 5.41) is 12.4. The maximum absolute atomic E-state index is 12.2. The first-order valence-corrected chi connectivity index (χ1v) is 9.67. The van der Waals surface area contributed by atoms with Crippen molar-refractivity contribution in [1.82, 2.24) is 10.9 Å². The first-order valence-electron chi connectivity index (χ1n) is 9.67. The van der Waals surface area contributed by atoms with Gasteiger partial charge in [0.25, 0.3) is 11.8 Å². The summed E-state index contributed by atoms with van der Waals surface area (Å²) in [7, 11) is 0. The van der Waals surface area contributed by atoms with E-state index in [9.17, 15) is 14.4 Å². The molecule has 32 heavy (non-hydrogen) atoms. The van der Waals surface area contributed by atoms with Gasteiger partial charge in [-0.1, -0.05) is 36.9 Å². The molecule has 166 valence electrons. The van der Waals surface area contributed by atoms with Gasteiger partial charge >= 0.3 is 5.97 Å². The molecule has 8 heteroatoms. The van der Waals surface area contributed by atoms with Crippen LogP contribution in [0.2, 0.25) is 0 Å². The minimum Gasteiger partial charge on any atom is -0.456 e. The van der Waals surface area contributed by atoms with Crippen LogP contribution in [0.5, 0.6) is 0 Å². The zero-order valence-corrected chi connectivity index (χ0v) is 18.1. The molecule has 0 fully saturated rings. The molecule has 0 aromatic heterocycles. The van der Waals surface area contributed by atoms with E-state index in [1.54, 1.807) is 69.3 Å². The third-order valence-corrected chi connectivity index (χ3v) is 3.97. The van der Waals surface area contributed by atoms with Gasteiger partial charge in [-0.3, -0.25) is 14.8 Å². The van der Waals surface area contributed by atoms with E-state index < -0.39 is 23.4 Å². The number of nitrogens with zero attached hydrogens (tertiary/aromatic N) is 1. The van der Waals surface area contributed by atoms with Crippen LogP contribution < -0.4 is 10.9 Å². The Bertz CT molecular complexity index is 1060. The highest BCUT2D eigenvalue weighted by Crippen LogP contribution is 2.18. The number of nitrogens with one attached hydrogen (secondary N) is 2. The fraction of sp³-hybridized carbons (Fsp3) is 0.167. The van der Waals surface area contributed by atoms with E-state index in [4.69, 9.17) is 9.94 Å². The molecule has 2 amide bonds. The van der Waals surface area contributed by atoms with Gasteiger partial charge in [-0.15, -0.1) is 0 Å². The van der Waals surface area contributed by atoms with Crippen LogP contribution in [0.25, 0.3) is 11.6 Å². The van der Waals surface area contributed by atoms with E-state index >= 15 is 0 Å². The summed E-state index contributed by atoms with van der Waals surface area (Å²) in [4.78, 5) is 35.4. The Balaban J connectivity index is 1.99. The molecule has 0 aliphatic heterocycles. The lowest BCUT2D eigenvalue weighted by molar-refractivity contribution is -0.147. The monoisotopic (exact) mass is 435 g/mol. The van der Waals surface area contributed by atoms with E-state index in [-0.39, 0.29) is 5.57 Å². The average molecular weight is 435 g/mol. The number of carbonyl (C=O) groups excluding carboxylic acids is 3. The lowest BCUT2D eigenvalue weighted by Gasteiger charge is -2.20. The van der Waals surface area contributed by atoms with Crippen LogP contribution in [0.15, 0.2) is 66.3 Å². The summed E-state index contributed by atoms with van der Waals surface area (Å²) in [5.41, 5.74) is 5.83. The molecular weight excluding hydrogens is 410 g/mol. The Morgan fingerprint density at radius 1 is 1.03 bits per heavy atom. The molecule has 2 aromatic carbocycles. The first-order chi connectivity index (χ1) is 15.1. The highest BCUT2D eigenvalue weighted by atomic mass is 16.6. The summed E-state index contributed by atoms with van der Waals surface area (Å²) in [5.74, 6) is -1.57. The second-order valence-corrected chi connectivity index (χ2v) is 7.74. The summed E-state index contributed by atoms with van der Waals surface area (Å²) in [6.07, 6.45) is 4.10. The van der Waals surface area contributed by atoms with Gasteiger partial charge in [0.2, 0.25) is 0 Å². The molecule has 0 heterocycles. The van der Waals surface area contributed by atoms with Crippen molar-refractivity contribution in [2.75, 3.05) is 0 Å². The number of hydrazone groups is 1. The standard InChI is InChI=1S/C24H25N3O5/c1-16(23(30)32-24(2,3)4)20-7-5-6-18(14-20)15-25-26-22(29)19-11-8-17(9-12-19)10-13-21(28)27-31/h5-15,31H,1H2,2-4H3,(H,26,29)(H,27,28). The van der Waals surface area contributed by atoms with E-state index in [1.807, 2.05) is 0 Å². The van der Waals surface area contributed by atoms with Crippen LogP contribution in [0, 0.1) is 0 Å². The number of benzene rings is 2. The number of hydrogen-bond donors (Lipinski definition) is 3. The molecule has 0 saturated carbocycles. The van der Waals surface area contributed by atoms with Gasteiger partial charge in [0.1, 0.15) is 5.60 Å². The normalized spacial score (nSPS) is 11.4. The molecule has 2 rings (SSSR count). The van der Waals surface area contributed by atoms with Crippen molar-refractivity contribution in [1.29, 1.82) is 0 Å². The van der Waals surface area contributed by atoms with Gasteiger partial charge in [-0.25, -0.2) is 15.7 Å². The predicted octanol–water partition coefficient (Wildman–Crippen LogP) is 3.32. The fourth-order valence-corrected chi connectivity index (χ4v) is 2.45. The quantitative estimate of drug-likeness (QED) is 0.203. The van der Waals surface area contributed by atoms with Crippen LogP contribution in [0.4, 0.5) is 0 Å². The number of hydroxylamine groups is 1. The smallest absolute Gasteiger partial charge is 0.338 e. The van der Waals surface area contributed by atoms with E-state index in [0.29, 0.717) is 22.3 Å². The van der Waals surface area contributed by atoms with Gasteiger partial charge < -0.3 is 4.74 Å². The first kappa shape index (κ1) is 24.2. The molecule has 3 N–H and O–H groups in total. The third kappa shape index (κ3) is 7.66. The molecule has 0 bridgehead atoms. The van der Waals surface area contributed by atoms with E-state index in [1.165, 1.54) is 17.8 Å². The van der Waals surface area contributed by atoms with Gasteiger partial charge in [0.15, 0.2) is 0 Å². The Labute approximate surface area is 186 Å². The Morgan fingerprint density at radius 3 is 2.34 bits per heavy atom. The number of amides is 2. The van der Waals surface area contributed by atoms with Crippen molar-refractivity contribution in [2.24, 2.45) is 5.10 Å². The summed E-state index contributed by atoms with van der Waals surface area (Å²) >= 11 is 0. The zero-order valence-electron chi connectivity index (χ0n) is 18.1. The van der Waals surface area contributed by atoms with Crippen LogP contribution in [-0.2, 0) is 14.3 Å². The summed E-state index contributed by atoms with van der Waals surface area (Å²) < 4.78 is 5.33.